The van der Waals surface area contributed by atoms with Crippen LogP contribution in [0, 0.1) is 0 Å². The molecule has 1 aromatic carbocycles. The maximum Gasteiger partial charge on any atom is 0.157 e. The molecule has 0 radical (unpaired) electrons. The second-order valence-electron chi connectivity index (χ2n) is 5.72. The zero-order valence-corrected chi connectivity index (χ0v) is 13.1. The lowest BCUT2D eigenvalue weighted by molar-refractivity contribution is -0.0205. The van der Waals surface area contributed by atoms with Crippen molar-refractivity contribution < 1.29 is 4.74 Å². The maximum atomic E-state index is 6.19. The van der Waals surface area contributed by atoms with E-state index in [0.717, 1.165) is 31.0 Å². The van der Waals surface area contributed by atoms with E-state index in [1.165, 1.54) is 17.5 Å². The van der Waals surface area contributed by atoms with Crippen LogP contribution in [0.25, 0.3) is 0 Å². The molecule has 1 unspecified atom stereocenters. The van der Waals surface area contributed by atoms with Crippen LogP contribution in [-0.2, 0) is 16.9 Å². The van der Waals surface area contributed by atoms with Gasteiger partial charge in [-0.2, -0.15) is 0 Å². The Hall–Kier alpha value is -1.85. The Morgan fingerprint density at radius 3 is 3.05 bits per heavy atom. The minimum atomic E-state index is -0.223. The Balaban J connectivity index is 1.68. The van der Waals surface area contributed by atoms with Crippen LogP contribution in [0.4, 0.5) is 11.5 Å². The molecule has 0 amide bonds. The van der Waals surface area contributed by atoms with E-state index in [1.54, 1.807) is 0 Å². The van der Waals surface area contributed by atoms with Crippen molar-refractivity contribution in [3.05, 3.63) is 46.9 Å². The Bertz CT molecular complexity index is 723. The molecule has 2 aliphatic rings. The topological polar surface area (TPSA) is 50.3 Å². The zero-order chi connectivity index (χ0) is 15.2. The van der Waals surface area contributed by atoms with E-state index in [4.69, 9.17) is 16.3 Å². The summed E-state index contributed by atoms with van der Waals surface area (Å²) in [6, 6.07) is 8.47. The number of hydrogen-bond donors (Lipinski definition) is 1. The summed E-state index contributed by atoms with van der Waals surface area (Å²) in [6.07, 6.45) is 2.46. The van der Waals surface area contributed by atoms with E-state index in [0.29, 0.717) is 11.8 Å². The van der Waals surface area contributed by atoms with Gasteiger partial charge in [0.2, 0.25) is 0 Å². The van der Waals surface area contributed by atoms with Crippen molar-refractivity contribution in [2.45, 2.75) is 18.6 Å². The molecule has 1 N–H and O–H groups in total. The number of hydrogen-bond acceptors (Lipinski definition) is 5. The van der Waals surface area contributed by atoms with Crippen LogP contribution in [-0.4, -0.2) is 30.1 Å². The highest BCUT2D eigenvalue weighted by molar-refractivity contribution is 6.32. The first-order chi connectivity index (χ1) is 10.7. The molecule has 1 fully saturated rings. The average molecular weight is 317 g/mol. The standard InChI is InChI=1S/C16H17ClN4O/c1-18-13-14(17)19-10-20-15(13)21-7-6-16(9-21)12-5-3-2-4-11(12)8-22-16/h2-5,10,18H,6-9H2,1H3. The molecular formula is C16H17ClN4O. The van der Waals surface area contributed by atoms with Crippen molar-refractivity contribution in [1.82, 2.24) is 9.97 Å². The van der Waals surface area contributed by atoms with Gasteiger partial charge in [0, 0.05) is 13.6 Å². The molecule has 6 heteroatoms. The Morgan fingerprint density at radius 2 is 2.18 bits per heavy atom. The van der Waals surface area contributed by atoms with Gasteiger partial charge >= 0.3 is 0 Å². The molecule has 3 heterocycles. The summed E-state index contributed by atoms with van der Waals surface area (Å²) in [5.74, 6) is 0.840. The van der Waals surface area contributed by atoms with Crippen LogP contribution in [0.1, 0.15) is 17.5 Å². The summed E-state index contributed by atoms with van der Waals surface area (Å²) in [4.78, 5) is 10.7. The first-order valence-electron chi connectivity index (χ1n) is 7.39. The largest absolute Gasteiger partial charge is 0.383 e. The number of nitrogens with one attached hydrogen (secondary N) is 1. The highest BCUT2D eigenvalue weighted by Gasteiger charge is 2.46. The fraction of sp³-hybridized carbons (Fsp3) is 0.375. The van der Waals surface area contributed by atoms with E-state index in [1.807, 2.05) is 7.05 Å². The van der Waals surface area contributed by atoms with Crippen LogP contribution >= 0.6 is 11.6 Å². The lowest BCUT2D eigenvalue weighted by atomic mass is 9.92. The monoisotopic (exact) mass is 316 g/mol. The van der Waals surface area contributed by atoms with Crippen molar-refractivity contribution in [2.75, 3.05) is 30.4 Å². The maximum absolute atomic E-state index is 6.19. The third kappa shape index (κ3) is 1.96. The number of nitrogens with zero attached hydrogens (tertiary/aromatic N) is 3. The number of fused-ring (bicyclic) bond motifs is 2. The number of benzene rings is 1. The predicted molar refractivity (Wildman–Crippen MR) is 86.3 cm³/mol. The van der Waals surface area contributed by atoms with Crippen molar-refractivity contribution in [2.24, 2.45) is 0 Å². The molecule has 0 bridgehead atoms. The predicted octanol–water partition coefficient (Wildman–Crippen LogP) is 2.81. The van der Waals surface area contributed by atoms with Crippen molar-refractivity contribution >= 4 is 23.1 Å². The molecule has 2 aliphatic heterocycles. The Labute approximate surface area is 134 Å². The van der Waals surface area contributed by atoms with Gasteiger partial charge in [0.25, 0.3) is 0 Å². The van der Waals surface area contributed by atoms with Gasteiger partial charge in [0.05, 0.1) is 13.2 Å². The number of ether oxygens (including phenoxy) is 1. The second-order valence-corrected chi connectivity index (χ2v) is 6.08. The fourth-order valence-electron chi connectivity index (χ4n) is 3.50. The van der Waals surface area contributed by atoms with Crippen molar-refractivity contribution in [3.63, 3.8) is 0 Å². The summed E-state index contributed by atoms with van der Waals surface area (Å²) >= 11 is 6.17. The lowest BCUT2D eigenvalue weighted by Gasteiger charge is -2.26. The normalized spacial score (nSPS) is 23.1. The quantitative estimate of drug-likeness (QED) is 0.863. The van der Waals surface area contributed by atoms with Gasteiger partial charge in [-0.15, -0.1) is 0 Å². The summed E-state index contributed by atoms with van der Waals surface area (Å²) in [5.41, 5.74) is 3.15. The van der Waals surface area contributed by atoms with Crippen molar-refractivity contribution in [3.8, 4) is 0 Å². The van der Waals surface area contributed by atoms with Crippen LogP contribution in [0.5, 0.6) is 0 Å². The molecule has 0 saturated carbocycles. The second kappa shape index (κ2) is 5.11. The van der Waals surface area contributed by atoms with E-state index in [-0.39, 0.29) is 5.60 Å². The SMILES string of the molecule is CNc1c(Cl)ncnc1N1CCC2(C1)OCc1ccccc12. The summed E-state index contributed by atoms with van der Waals surface area (Å²) < 4.78 is 6.19. The first kappa shape index (κ1) is 13.8. The highest BCUT2D eigenvalue weighted by Crippen LogP contribution is 2.45. The molecule has 114 valence electrons. The molecule has 2 aromatic rings. The van der Waals surface area contributed by atoms with Crippen LogP contribution in [0.3, 0.4) is 0 Å². The molecule has 1 spiro atoms. The third-order valence-corrected chi connectivity index (χ3v) is 4.86. The third-order valence-electron chi connectivity index (χ3n) is 4.57. The summed E-state index contributed by atoms with van der Waals surface area (Å²) in [6.45, 7) is 2.36. The molecule has 1 atom stereocenters. The Morgan fingerprint density at radius 1 is 1.32 bits per heavy atom. The van der Waals surface area contributed by atoms with Crippen LogP contribution in [0.2, 0.25) is 5.15 Å². The first-order valence-corrected chi connectivity index (χ1v) is 7.77. The number of aromatic nitrogens is 2. The van der Waals surface area contributed by atoms with Crippen molar-refractivity contribution in [1.29, 1.82) is 0 Å². The highest BCUT2D eigenvalue weighted by atomic mass is 35.5. The molecule has 22 heavy (non-hydrogen) atoms. The van der Waals surface area contributed by atoms with Gasteiger partial charge in [-0.1, -0.05) is 35.9 Å². The van der Waals surface area contributed by atoms with Gasteiger partial charge in [0.1, 0.15) is 17.6 Å². The number of halogens is 1. The molecule has 1 aromatic heterocycles. The molecular weight excluding hydrogens is 300 g/mol. The van der Waals surface area contributed by atoms with E-state index >= 15 is 0 Å². The van der Waals surface area contributed by atoms with Gasteiger partial charge in [-0.3, -0.25) is 0 Å². The fourth-order valence-corrected chi connectivity index (χ4v) is 3.72. The van der Waals surface area contributed by atoms with Gasteiger partial charge in [-0.25, -0.2) is 9.97 Å². The summed E-state index contributed by atoms with van der Waals surface area (Å²) in [5, 5.41) is 3.55. The molecule has 1 saturated heterocycles. The van der Waals surface area contributed by atoms with E-state index in [9.17, 15) is 0 Å². The number of anilines is 2. The smallest absolute Gasteiger partial charge is 0.157 e. The van der Waals surface area contributed by atoms with Crippen LogP contribution in [0.15, 0.2) is 30.6 Å². The van der Waals surface area contributed by atoms with E-state index in [2.05, 4.69) is 44.5 Å². The van der Waals surface area contributed by atoms with Crippen LogP contribution < -0.4 is 10.2 Å². The Kier molecular flexibility index (Phi) is 3.20. The molecule has 0 aliphatic carbocycles. The van der Waals surface area contributed by atoms with Gasteiger partial charge in [0.15, 0.2) is 11.0 Å². The summed E-state index contributed by atoms with van der Waals surface area (Å²) in [7, 11) is 1.83. The average Bonchev–Trinajstić information content (AvgIpc) is 3.13. The molecule has 5 nitrogen and oxygen atoms in total. The van der Waals surface area contributed by atoms with Gasteiger partial charge < -0.3 is 15.0 Å². The minimum Gasteiger partial charge on any atom is -0.383 e. The van der Waals surface area contributed by atoms with E-state index < -0.39 is 0 Å². The lowest BCUT2D eigenvalue weighted by Crippen LogP contribution is -2.31. The molecule has 4 rings (SSSR count). The minimum absolute atomic E-state index is 0.223. The van der Waals surface area contributed by atoms with Gasteiger partial charge in [-0.05, 0) is 17.5 Å². The number of rotatable bonds is 2. The zero-order valence-electron chi connectivity index (χ0n) is 12.3.